The van der Waals surface area contributed by atoms with Crippen molar-refractivity contribution in [1.82, 2.24) is 0 Å². The fraction of sp³-hybridized carbons (Fsp3) is 0.571. The average Bonchev–Trinajstić information content (AvgIpc) is 2.15. The summed E-state index contributed by atoms with van der Waals surface area (Å²) in [5.41, 5.74) is -0.447. The minimum absolute atomic E-state index is 0.302. The first-order chi connectivity index (χ1) is 8.48. The third kappa shape index (κ3) is 5.53. The maximum Gasteiger partial charge on any atom is 0.492 e. The van der Waals surface area contributed by atoms with Crippen LogP contribution in [0.25, 0.3) is 0 Å². The van der Waals surface area contributed by atoms with Crippen molar-refractivity contribution in [3.63, 3.8) is 0 Å². The Balaban J connectivity index is 3.08. The Bertz CT molecular complexity index is 430. The van der Waals surface area contributed by atoms with Crippen LogP contribution in [0, 0.1) is 0 Å². The molecule has 0 bridgehead atoms. The Morgan fingerprint density at radius 1 is 0.895 bits per heavy atom. The van der Waals surface area contributed by atoms with Gasteiger partial charge < -0.3 is 19.5 Å². The summed E-state index contributed by atoms with van der Waals surface area (Å²) in [6.45, 7) is 11.5. The summed E-state index contributed by atoms with van der Waals surface area (Å²) in [6.07, 6.45) is 0. The van der Waals surface area contributed by atoms with Crippen LogP contribution in [0.4, 0.5) is 0 Å². The first kappa shape index (κ1) is 15.9. The third-order valence-corrected chi connectivity index (χ3v) is 2.10. The summed E-state index contributed by atoms with van der Waals surface area (Å²) in [5, 5.41) is 18.9. The van der Waals surface area contributed by atoms with Crippen LogP contribution in [0.1, 0.15) is 41.5 Å². The van der Waals surface area contributed by atoms with Crippen molar-refractivity contribution < 1.29 is 19.5 Å². The van der Waals surface area contributed by atoms with Crippen molar-refractivity contribution in [3.8, 4) is 11.5 Å². The Labute approximate surface area is 115 Å². The maximum absolute atomic E-state index is 9.44. The van der Waals surface area contributed by atoms with Gasteiger partial charge in [-0.1, -0.05) is 0 Å². The highest BCUT2D eigenvalue weighted by molar-refractivity contribution is 6.59. The Morgan fingerprint density at radius 2 is 1.42 bits per heavy atom. The molecule has 2 N–H and O–H groups in total. The van der Waals surface area contributed by atoms with Gasteiger partial charge in [-0.05, 0) is 59.7 Å². The van der Waals surface area contributed by atoms with Gasteiger partial charge in [0.2, 0.25) is 0 Å². The molecule has 0 fully saturated rings. The number of rotatable bonds is 3. The van der Waals surface area contributed by atoms with Crippen molar-refractivity contribution in [3.05, 3.63) is 18.2 Å². The van der Waals surface area contributed by atoms with Gasteiger partial charge in [0.15, 0.2) is 0 Å². The average molecular weight is 266 g/mol. The zero-order valence-electron chi connectivity index (χ0n) is 12.5. The van der Waals surface area contributed by atoms with Gasteiger partial charge in [0.1, 0.15) is 22.7 Å². The molecule has 0 aliphatic heterocycles. The van der Waals surface area contributed by atoms with E-state index in [0.29, 0.717) is 17.0 Å². The molecule has 0 radical (unpaired) electrons. The van der Waals surface area contributed by atoms with Crippen molar-refractivity contribution in [2.75, 3.05) is 0 Å². The van der Waals surface area contributed by atoms with E-state index in [9.17, 15) is 10.0 Å². The Hall–Kier alpha value is -1.20. The zero-order valence-corrected chi connectivity index (χ0v) is 12.5. The number of hydrogen-bond acceptors (Lipinski definition) is 4. The van der Waals surface area contributed by atoms with Crippen molar-refractivity contribution in [1.29, 1.82) is 0 Å². The SMILES string of the molecule is CC(C)(C)Oc1ccc(OC(C)(C)C)c(B(O)O)c1. The summed E-state index contributed by atoms with van der Waals surface area (Å²) < 4.78 is 11.4. The van der Waals surface area contributed by atoms with Crippen LogP contribution in [0.3, 0.4) is 0 Å². The standard InChI is InChI=1S/C14H23BO4/c1-13(2,3)18-10-7-8-12(19-14(4,5)6)11(9-10)15(16)17/h7-9,16-17H,1-6H3. The molecule has 1 rings (SSSR count). The van der Waals surface area contributed by atoms with E-state index in [1.807, 2.05) is 41.5 Å². The highest BCUT2D eigenvalue weighted by Crippen LogP contribution is 2.23. The highest BCUT2D eigenvalue weighted by Gasteiger charge is 2.23. The molecule has 4 nitrogen and oxygen atoms in total. The van der Waals surface area contributed by atoms with Gasteiger partial charge in [-0.2, -0.15) is 0 Å². The lowest BCUT2D eigenvalue weighted by molar-refractivity contribution is 0.126. The molecule has 106 valence electrons. The Morgan fingerprint density at radius 3 is 1.84 bits per heavy atom. The van der Waals surface area contributed by atoms with Gasteiger partial charge in [-0.15, -0.1) is 0 Å². The molecule has 1 aromatic rings. The molecule has 0 aromatic heterocycles. The molecule has 0 unspecified atom stereocenters. The molecule has 0 saturated heterocycles. The molecule has 0 spiro atoms. The van der Waals surface area contributed by atoms with Crippen LogP contribution < -0.4 is 14.9 Å². The van der Waals surface area contributed by atoms with E-state index in [2.05, 4.69) is 0 Å². The quantitative estimate of drug-likeness (QED) is 0.818. The lowest BCUT2D eigenvalue weighted by Crippen LogP contribution is -2.35. The molecule has 1 aromatic carbocycles. The first-order valence-electron chi connectivity index (χ1n) is 6.36. The molecule has 0 amide bonds. The molecular formula is C14H23BO4. The Kier molecular flexibility index (Phi) is 4.53. The summed E-state index contributed by atoms with van der Waals surface area (Å²) in [7, 11) is -1.60. The van der Waals surface area contributed by atoms with Crippen molar-refractivity contribution in [2.45, 2.75) is 52.7 Å². The summed E-state index contributed by atoms with van der Waals surface area (Å²) >= 11 is 0. The van der Waals surface area contributed by atoms with Gasteiger partial charge in [-0.25, -0.2) is 0 Å². The monoisotopic (exact) mass is 266 g/mol. The third-order valence-electron chi connectivity index (χ3n) is 2.10. The van der Waals surface area contributed by atoms with Crippen LogP contribution in [0.15, 0.2) is 18.2 Å². The fourth-order valence-electron chi connectivity index (χ4n) is 1.57. The molecule has 0 aliphatic rings. The van der Waals surface area contributed by atoms with Gasteiger partial charge in [0, 0.05) is 5.46 Å². The van der Waals surface area contributed by atoms with E-state index >= 15 is 0 Å². The zero-order chi connectivity index (χ0) is 14.8. The fourth-order valence-corrected chi connectivity index (χ4v) is 1.57. The molecule has 0 aliphatic carbocycles. The van der Waals surface area contributed by atoms with E-state index in [-0.39, 0.29) is 5.60 Å². The molecular weight excluding hydrogens is 243 g/mol. The molecule has 0 saturated carbocycles. The summed E-state index contributed by atoms with van der Waals surface area (Å²) in [6, 6.07) is 5.05. The van der Waals surface area contributed by atoms with Crippen molar-refractivity contribution >= 4 is 12.6 Å². The topological polar surface area (TPSA) is 58.9 Å². The minimum atomic E-state index is -1.60. The summed E-state index contributed by atoms with van der Waals surface area (Å²) in [4.78, 5) is 0. The van der Waals surface area contributed by atoms with E-state index in [1.165, 1.54) is 0 Å². The van der Waals surface area contributed by atoms with Gasteiger partial charge in [-0.3, -0.25) is 0 Å². The lowest BCUT2D eigenvalue weighted by atomic mass is 9.79. The predicted molar refractivity (Wildman–Crippen MR) is 77.0 cm³/mol. The second-order valence-corrected chi connectivity index (χ2v) is 6.50. The predicted octanol–water partition coefficient (Wildman–Crippen LogP) is 1.72. The second-order valence-electron chi connectivity index (χ2n) is 6.50. The smallest absolute Gasteiger partial charge is 0.489 e. The van der Waals surface area contributed by atoms with Crippen LogP contribution in [0.2, 0.25) is 0 Å². The number of hydrogen-bond donors (Lipinski definition) is 2. The van der Waals surface area contributed by atoms with E-state index in [4.69, 9.17) is 9.47 Å². The second kappa shape index (κ2) is 5.43. The lowest BCUT2D eigenvalue weighted by Gasteiger charge is -2.25. The summed E-state index contributed by atoms with van der Waals surface area (Å²) in [5.74, 6) is 1.03. The van der Waals surface area contributed by atoms with E-state index < -0.39 is 12.7 Å². The molecule has 19 heavy (non-hydrogen) atoms. The molecule has 0 atom stereocenters. The minimum Gasteiger partial charge on any atom is -0.489 e. The number of ether oxygens (including phenoxy) is 2. The first-order valence-corrected chi connectivity index (χ1v) is 6.36. The number of benzene rings is 1. The van der Waals surface area contributed by atoms with Crippen LogP contribution in [0.5, 0.6) is 11.5 Å². The normalized spacial score (nSPS) is 12.2. The van der Waals surface area contributed by atoms with Gasteiger partial charge in [0.25, 0.3) is 0 Å². The highest BCUT2D eigenvalue weighted by atomic mass is 16.5. The van der Waals surface area contributed by atoms with Crippen LogP contribution in [-0.2, 0) is 0 Å². The van der Waals surface area contributed by atoms with Gasteiger partial charge in [0.05, 0.1) is 0 Å². The van der Waals surface area contributed by atoms with E-state index in [1.54, 1.807) is 18.2 Å². The van der Waals surface area contributed by atoms with E-state index in [0.717, 1.165) is 0 Å². The molecule has 5 heteroatoms. The molecule has 0 heterocycles. The van der Waals surface area contributed by atoms with Crippen LogP contribution in [-0.4, -0.2) is 28.4 Å². The largest absolute Gasteiger partial charge is 0.492 e. The van der Waals surface area contributed by atoms with Crippen molar-refractivity contribution in [2.24, 2.45) is 0 Å². The van der Waals surface area contributed by atoms with Gasteiger partial charge >= 0.3 is 7.12 Å². The maximum atomic E-state index is 9.44. The van der Waals surface area contributed by atoms with Crippen LogP contribution >= 0.6 is 0 Å².